The van der Waals surface area contributed by atoms with Crippen LogP contribution in [0, 0.1) is 0 Å². The van der Waals surface area contributed by atoms with Crippen LogP contribution in [0.5, 0.6) is 0 Å². The van der Waals surface area contributed by atoms with Crippen LogP contribution in [0.25, 0.3) is 0 Å². The van der Waals surface area contributed by atoms with Crippen molar-refractivity contribution in [1.29, 1.82) is 0 Å². The van der Waals surface area contributed by atoms with Crippen LogP contribution >= 0.6 is 0 Å². The van der Waals surface area contributed by atoms with Gasteiger partial charge in [-0.05, 0) is 38.5 Å². The Morgan fingerprint density at radius 1 is 1.12 bits per heavy atom. The van der Waals surface area contributed by atoms with E-state index < -0.39 is 36.2 Å². The van der Waals surface area contributed by atoms with Gasteiger partial charge in [0.25, 0.3) is 0 Å². The maximum Gasteiger partial charge on any atom is 0.412 e. The summed E-state index contributed by atoms with van der Waals surface area (Å²) in [5.41, 5.74) is 0.00611. The third kappa shape index (κ3) is 7.85. The van der Waals surface area contributed by atoms with Crippen molar-refractivity contribution in [2.75, 3.05) is 5.32 Å². The molecular weight excluding hydrogens is 325 g/mol. The van der Waals surface area contributed by atoms with E-state index in [4.69, 9.17) is 4.74 Å². The maximum absolute atomic E-state index is 12.6. The van der Waals surface area contributed by atoms with Gasteiger partial charge in [-0.1, -0.05) is 12.1 Å². The van der Waals surface area contributed by atoms with Crippen molar-refractivity contribution >= 4 is 17.7 Å². The first-order chi connectivity index (χ1) is 10.9. The van der Waals surface area contributed by atoms with Crippen LogP contribution in [-0.4, -0.2) is 23.8 Å². The van der Waals surface area contributed by atoms with Crippen molar-refractivity contribution in [3.05, 3.63) is 29.8 Å². The number of nitrogens with one attached hydrogen (secondary N) is 2. The van der Waals surface area contributed by atoms with E-state index in [1.807, 2.05) is 0 Å². The van der Waals surface area contributed by atoms with Gasteiger partial charge in [-0.3, -0.25) is 10.1 Å². The number of halogens is 3. The minimum Gasteiger partial charge on any atom is -0.444 e. The van der Waals surface area contributed by atoms with Crippen LogP contribution < -0.4 is 10.6 Å². The Labute approximate surface area is 138 Å². The Morgan fingerprint density at radius 3 is 2.08 bits per heavy atom. The molecule has 0 radical (unpaired) electrons. The second-order valence-electron chi connectivity index (χ2n) is 6.32. The first-order valence-corrected chi connectivity index (χ1v) is 7.29. The van der Waals surface area contributed by atoms with E-state index in [0.29, 0.717) is 5.69 Å². The van der Waals surface area contributed by atoms with E-state index in [0.717, 1.165) is 6.92 Å². The van der Waals surface area contributed by atoms with Crippen LogP contribution in [-0.2, 0) is 9.53 Å². The first kappa shape index (κ1) is 19.8. The molecule has 0 aromatic heterocycles. The average Bonchev–Trinajstić information content (AvgIpc) is 2.34. The number of carbonyl (C=O) groups is 2. The van der Waals surface area contributed by atoms with Crippen molar-refractivity contribution in [3.8, 4) is 0 Å². The lowest BCUT2D eigenvalue weighted by Gasteiger charge is -2.21. The van der Waals surface area contributed by atoms with Gasteiger partial charge in [-0.2, -0.15) is 13.2 Å². The summed E-state index contributed by atoms with van der Waals surface area (Å²) in [6, 6.07) is 4.55. The zero-order chi connectivity index (χ0) is 18.5. The third-order valence-electron chi connectivity index (χ3n) is 2.77. The van der Waals surface area contributed by atoms with Crippen LogP contribution in [0.1, 0.15) is 45.7 Å². The summed E-state index contributed by atoms with van der Waals surface area (Å²) in [7, 11) is 0. The molecule has 0 saturated heterocycles. The molecule has 1 aromatic rings. The molecule has 0 spiro atoms. The van der Waals surface area contributed by atoms with Crippen LogP contribution in [0.4, 0.5) is 23.7 Å². The molecule has 0 aliphatic carbocycles. The largest absolute Gasteiger partial charge is 0.444 e. The van der Waals surface area contributed by atoms with Gasteiger partial charge < -0.3 is 10.1 Å². The molecule has 2 amide bonds. The van der Waals surface area contributed by atoms with E-state index in [9.17, 15) is 22.8 Å². The van der Waals surface area contributed by atoms with E-state index >= 15 is 0 Å². The smallest absolute Gasteiger partial charge is 0.412 e. The minimum absolute atomic E-state index is 0.289. The van der Waals surface area contributed by atoms with E-state index in [1.54, 1.807) is 20.8 Å². The molecule has 134 valence electrons. The number of anilines is 1. The van der Waals surface area contributed by atoms with Gasteiger partial charge in [-0.25, -0.2) is 4.79 Å². The fourth-order valence-corrected chi connectivity index (χ4v) is 1.95. The lowest BCUT2D eigenvalue weighted by Crippen LogP contribution is -2.30. The zero-order valence-electron chi connectivity index (χ0n) is 14.0. The van der Waals surface area contributed by atoms with Crippen LogP contribution in [0.2, 0.25) is 0 Å². The Morgan fingerprint density at radius 2 is 1.67 bits per heavy atom. The quantitative estimate of drug-likeness (QED) is 0.860. The number of hydrogen-bond acceptors (Lipinski definition) is 3. The summed E-state index contributed by atoms with van der Waals surface area (Å²) in [6.07, 6.45) is -6.25. The molecule has 24 heavy (non-hydrogen) atoms. The number of rotatable bonds is 4. The molecule has 1 aromatic carbocycles. The lowest BCUT2D eigenvalue weighted by atomic mass is 10.0. The predicted molar refractivity (Wildman–Crippen MR) is 83.5 cm³/mol. The molecule has 0 saturated carbocycles. The molecule has 1 atom stereocenters. The molecule has 0 aliphatic heterocycles. The van der Waals surface area contributed by atoms with Crippen molar-refractivity contribution in [2.45, 2.75) is 51.9 Å². The fraction of sp³-hybridized carbons (Fsp3) is 0.500. The molecule has 5 nitrogen and oxygen atoms in total. The van der Waals surface area contributed by atoms with Crippen molar-refractivity contribution in [3.63, 3.8) is 0 Å². The third-order valence-corrected chi connectivity index (χ3v) is 2.77. The number of carbonyl (C=O) groups excluding carboxylic acids is 2. The average molecular weight is 346 g/mol. The second-order valence-corrected chi connectivity index (χ2v) is 6.32. The van der Waals surface area contributed by atoms with Gasteiger partial charge >= 0.3 is 12.3 Å². The standard InChI is InChI=1S/C16H21F3N2O3/c1-10(22)20-13(9-16(17,18)19)11-5-7-12(8-6-11)21-14(23)24-15(2,3)4/h5-8,13H,9H2,1-4H3,(H,20,22)(H,21,23). The number of ether oxygens (including phenoxy) is 1. The Balaban J connectivity index is 2.82. The van der Waals surface area contributed by atoms with Crippen molar-refractivity contribution in [2.24, 2.45) is 0 Å². The molecule has 0 bridgehead atoms. The van der Waals surface area contributed by atoms with Gasteiger partial charge in [0, 0.05) is 12.6 Å². The van der Waals surface area contributed by atoms with Gasteiger partial charge in [0.05, 0.1) is 12.5 Å². The topological polar surface area (TPSA) is 67.4 Å². The Bertz CT molecular complexity index is 578. The van der Waals surface area contributed by atoms with Gasteiger partial charge in [0.2, 0.25) is 5.91 Å². The van der Waals surface area contributed by atoms with Gasteiger partial charge in [-0.15, -0.1) is 0 Å². The van der Waals surface area contributed by atoms with Crippen LogP contribution in [0.3, 0.4) is 0 Å². The summed E-state index contributed by atoms with van der Waals surface area (Å²) in [5, 5.41) is 4.76. The highest BCUT2D eigenvalue weighted by Crippen LogP contribution is 2.30. The number of amides is 2. The number of benzene rings is 1. The number of alkyl halides is 3. The van der Waals surface area contributed by atoms with E-state index in [-0.39, 0.29) is 5.56 Å². The minimum atomic E-state index is -4.42. The normalized spacial score (nSPS) is 13.1. The summed E-state index contributed by atoms with van der Waals surface area (Å²) in [6.45, 7) is 6.29. The number of hydrogen-bond donors (Lipinski definition) is 2. The maximum atomic E-state index is 12.6. The molecule has 0 fully saturated rings. The Kier molecular flexibility index (Phi) is 6.22. The highest BCUT2D eigenvalue weighted by molar-refractivity contribution is 5.84. The summed E-state index contributed by atoms with van der Waals surface area (Å²) in [4.78, 5) is 22.7. The SMILES string of the molecule is CC(=O)NC(CC(F)(F)F)c1ccc(NC(=O)OC(C)(C)C)cc1. The molecule has 8 heteroatoms. The monoisotopic (exact) mass is 346 g/mol. The van der Waals surface area contributed by atoms with E-state index in [1.165, 1.54) is 24.3 Å². The predicted octanol–water partition coefficient (Wildman–Crippen LogP) is 4.16. The highest BCUT2D eigenvalue weighted by atomic mass is 19.4. The first-order valence-electron chi connectivity index (χ1n) is 7.29. The summed E-state index contributed by atoms with van der Waals surface area (Å²) in [5.74, 6) is -0.555. The molecule has 1 rings (SSSR count). The Hall–Kier alpha value is -2.25. The van der Waals surface area contributed by atoms with Crippen molar-refractivity contribution < 1.29 is 27.5 Å². The highest BCUT2D eigenvalue weighted by Gasteiger charge is 2.33. The summed E-state index contributed by atoms with van der Waals surface area (Å²) < 4.78 is 43.0. The van der Waals surface area contributed by atoms with Crippen molar-refractivity contribution in [1.82, 2.24) is 5.32 Å². The zero-order valence-corrected chi connectivity index (χ0v) is 14.0. The molecule has 1 unspecified atom stereocenters. The molecule has 0 heterocycles. The lowest BCUT2D eigenvalue weighted by molar-refractivity contribution is -0.142. The van der Waals surface area contributed by atoms with Gasteiger partial charge in [0.1, 0.15) is 5.60 Å². The van der Waals surface area contributed by atoms with Gasteiger partial charge in [0.15, 0.2) is 0 Å². The van der Waals surface area contributed by atoms with E-state index in [2.05, 4.69) is 10.6 Å². The molecule has 0 aliphatic rings. The molecular formula is C16H21F3N2O3. The fourth-order valence-electron chi connectivity index (χ4n) is 1.95. The second kappa shape index (κ2) is 7.55. The summed E-state index contributed by atoms with van der Waals surface area (Å²) >= 11 is 0. The molecule has 2 N–H and O–H groups in total. The van der Waals surface area contributed by atoms with Crippen LogP contribution in [0.15, 0.2) is 24.3 Å².